The Morgan fingerprint density at radius 2 is 1.84 bits per heavy atom. The number of carbonyl (C=O) groups is 2. The van der Waals surface area contributed by atoms with E-state index in [0.29, 0.717) is 28.0 Å². The number of esters is 1. The topological polar surface area (TPSA) is 109 Å². The van der Waals surface area contributed by atoms with Gasteiger partial charge in [0.25, 0.3) is 5.91 Å². The minimum atomic E-state index is -0.775. The number of nitrogens with one attached hydrogen (secondary N) is 1. The average Bonchev–Trinajstić information content (AvgIpc) is 2.79. The number of halogens is 1. The molecule has 10 heteroatoms. The van der Waals surface area contributed by atoms with E-state index in [1.807, 2.05) is 0 Å². The lowest BCUT2D eigenvalue weighted by atomic mass is 10.2. The lowest BCUT2D eigenvalue weighted by molar-refractivity contribution is -0.119. The van der Waals surface area contributed by atoms with Gasteiger partial charge in [-0.3, -0.25) is 9.78 Å². The average molecular weight is 444 g/mol. The van der Waals surface area contributed by atoms with Crippen molar-refractivity contribution in [3.8, 4) is 23.1 Å². The lowest BCUT2D eigenvalue weighted by Crippen LogP contribution is -2.21. The fourth-order valence-electron chi connectivity index (χ4n) is 2.50. The van der Waals surface area contributed by atoms with Crippen molar-refractivity contribution >= 4 is 29.2 Å². The van der Waals surface area contributed by atoms with Gasteiger partial charge in [0.1, 0.15) is 22.8 Å². The number of carbonyl (C=O) groups excluding carboxylic acids is 2. The second-order valence-corrected chi connectivity index (χ2v) is 6.37. The Kier molecular flexibility index (Phi) is 7.23. The molecule has 1 amide bonds. The molecule has 2 aromatic heterocycles. The summed E-state index contributed by atoms with van der Waals surface area (Å²) in [5.41, 5.74) is 0.372. The van der Waals surface area contributed by atoms with Crippen LogP contribution < -0.4 is 19.5 Å². The Hall–Kier alpha value is -3.85. The Labute approximate surface area is 182 Å². The molecule has 1 N–H and O–H groups in total. The van der Waals surface area contributed by atoms with E-state index < -0.39 is 18.5 Å². The number of anilines is 1. The predicted molar refractivity (Wildman–Crippen MR) is 112 cm³/mol. The molecule has 0 aliphatic rings. The van der Waals surface area contributed by atoms with Gasteiger partial charge < -0.3 is 24.3 Å². The first-order valence-electron chi connectivity index (χ1n) is 8.93. The molecule has 2 heterocycles. The third-order valence-corrected chi connectivity index (χ3v) is 4.22. The number of benzene rings is 1. The number of rotatable bonds is 8. The number of ether oxygens (including phenoxy) is 4. The van der Waals surface area contributed by atoms with Gasteiger partial charge in [-0.25, -0.2) is 9.78 Å². The Balaban J connectivity index is 1.66. The van der Waals surface area contributed by atoms with Gasteiger partial charge in [-0.2, -0.15) is 0 Å². The number of aromatic nitrogens is 2. The maximum atomic E-state index is 12.5. The summed E-state index contributed by atoms with van der Waals surface area (Å²) in [6, 6.07) is 9.38. The van der Waals surface area contributed by atoms with Crippen LogP contribution in [-0.4, -0.2) is 42.7 Å². The molecule has 0 aliphatic heterocycles. The fraction of sp³-hybridized carbons (Fsp3) is 0.143. The zero-order valence-electron chi connectivity index (χ0n) is 16.6. The number of hydrogen-bond acceptors (Lipinski definition) is 8. The Morgan fingerprint density at radius 3 is 2.55 bits per heavy atom. The zero-order valence-corrected chi connectivity index (χ0v) is 17.4. The molecule has 0 fully saturated rings. The van der Waals surface area contributed by atoms with E-state index in [4.69, 9.17) is 30.5 Å². The minimum absolute atomic E-state index is 0.0324. The smallest absolute Gasteiger partial charge is 0.344 e. The number of nitrogens with zero attached hydrogens (tertiary/aromatic N) is 2. The summed E-state index contributed by atoms with van der Waals surface area (Å²) in [6.07, 6.45) is 4.53. The van der Waals surface area contributed by atoms with Gasteiger partial charge in [0.15, 0.2) is 6.61 Å². The maximum Gasteiger partial charge on any atom is 0.344 e. The Morgan fingerprint density at radius 1 is 1.06 bits per heavy atom. The minimum Gasteiger partial charge on any atom is -0.495 e. The van der Waals surface area contributed by atoms with Gasteiger partial charge in [-0.15, -0.1) is 0 Å². The van der Waals surface area contributed by atoms with Crippen LogP contribution in [0.1, 0.15) is 10.4 Å². The highest BCUT2D eigenvalue weighted by Gasteiger charge is 2.18. The molecular formula is C21H18ClN3O6. The highest BCUT2D eigenvalue weighted by atomic mass is 35.5. The number of hydrogen-bond donors (Lipinski definition) is 1. The third-order valence-electron chi connectivity index (χ3n) is 3.92. The summed E-state index contributed by atoms with van der Waals surface area (Å²) < 4.78 is 21.0. The van der Waals surface area contributed by atoms with E-state index in [2.05, 4.69) is 15.3 Å². The molecule has 0 aliphatic carbocycles. The monoisotopic (exact) mass is 443 g/mol. The zero-order chi connectivity index (χ0) is 22.2. The molecule has 0 atom stereocenters. The summed E-state index contributed by atoms with van der Waals surface area (Å²) in [6.45, 7) is -0.547. The van der Waals surface area contributed by atoms with Crippen molar-refractivity contribution in [3.05, 3.63) is 65.6 Å². The maximum absolute atomic E-state index is 12.5. The molecule has 31 heavy (non-hydrogen) atoms. The van der Waals surface area contributed by atoms with Gasteiger partial charge in [-0.05, 0) is 24.3 Å². The van der Waals surface area contributed by atoms with Crippen LogP contribution >= 0.6 is 11.6 Å². The number of amides is 1. The van der Waals surface area contributed by atoms with Crippen LogP contribution in [0.4, 0.5) is 5.69 Å². The summed E-state index contributed by atoms with van der Waals surface area (Å²) in [7, 11) is 2.88. The lowest BCUT2D eigenvalue weighted by Gasteiger charge is -2.13. The highest BCUT2D eigenvalue weighted by molar-refractivity contribution is 6.32. The first kappa shape index (κ1) is 21.8. The number of methoxy groups -OCH3 is 2. The van der Waals surface area contributed by atoms with Gasteiger partial charge in [0, 0.05) is 24.5 Å². The molecule has 1 aromatic carbocycles. The molecule has 0 saturated heterocycles. The third kappa shape index (κ3) is 5.61. The van der Waals surface area contributed by atoms with Crippen molar-refractivity contribution in [1.29, 1.82) is 0 Å². The largest absolute Gasteiger partial charge is 0.495 e. The van der Waals surface area contributed by atoms with Crippen LogP contribution in [-0.2, 0) is 9.53 Å². The summed E-state index contributed by atoms with van der Waals surface area (Å²) >= 11 is 6.05. The summed E-state index contributed by atoms with van der Waals surface area (Å²) in [4.78, 5) is 32.8. The van der Waals surface area contributed by atoms with Crippen molar-refractivity contribution in [2.75, 3.05) is 26.1 Å². The molecule has 0 radical (unpaired) electrons. The predicted octanol–water partition coefficient (Wildman–Crippen LogP) is 3.74. The quantitative estimate of drug-likeness (QED) is 0.524. The van der Waals surface area contributed by atoms with Crippen LogP contribution in [0.15, 0.2) is 55.0 Å². The van der Waals surface area contributed by atoms with Crippen LogP contribution in [0, 0.1) is 0 Å². The molecule has 0 saturated carbocycles. The first-order valence-corrected chi connectivity index (χ1v) is 9.31. The van der Waals surface area contributed by atoms with E-state index in [1.54, 1.807) is 24.4 Å². The van der Waals surface area contributed by atoms with Crippen LogP contribution in [0.5, 0.6) is 23.1 Å². The van der Waals surface area contributed by atoms with E-state index in [9.17, 15) is 9.59 Å². The van der Waals surface area contributed by atoms with Crippen LogP contribution in [0.25, 0.3) is 0 Å². The number of pyridine rings is 2. The van der Waals surface area contributed by atoms with E-state index in [0.717, 1.165) is 0 Å². The van der Waals surface area contributed by atoms with Crippen LogP contribution in [0.3, 0.4) is 0 Å². The molecule has 0 bridgehead atoms. The summed E-state index contributed by atoms with van der Waals surface area (Å²) in [5, 5.41) is 2.91. The molecule has 9 nitrogen and oxygen atoms in total. The molecule has 3 aromatic rings. The van der Waals surface area contributed by atoms with Crippen molar-refractivity contribution in [2.24, 2.45) is 0 Å². The summed E-state index contributed by atoms with van der Waals surface area (Å²) in [5.74, 6) is -0.258. The van der Waals surface area contributed by atoms with E-state index in [-0.39, 0.29) is 11.4 Å². The van der Waals surface area contributed by atoms with Gasteiger partial charge in [0.05, 0.1) is 31.1 Å². The first-order chi connectivity index (χ1) is 15.0. The van der Waals surface area contributed by atoms with E-state index >= 15 is 0 Å². The van der Waals surface area contributed by atoms with Gasteiger partial charge >= 0.3 is 5.97 Å². The van der Waals surface area contributed by atoms with Crippen molar-refractivity contribution in [3.63, 3.8) is 0 Å². The Bertz CT molecular complexity index is 1080. The SMILES string of the molecule is COc1cc(NC(=O)COC(=O)c2cccnc2Oc2cccnc2)c(OC)cc1Cl. The standard InChI is InChI=1S/C21H18ClN3O6/c1-28-17-10-16(18(29-2)9-15(17)22)25-19(26)12-30-21(27)14-6-4-8-24-20(14)31-13-5-3-7-23-11-13/h3-11H,12H2,1-2H3,(H,25,26). The molecule has 0 spiro atoms. The molecule has 160 valence electrons. The van der Waals surface area contributed by atoms with Crippen LogP contribution in [0.2, 0.25) is 5.02 Å². The van der Waals surface area contributed by atoms with E-state index in [1.165, 1.54) is 44.8 Å². The molecule has 3 rings (SSSR count). The van der Waals surface area contributed by atoms with Crippen molar-refractivity contribution < 1.29 is 28.5 Å². The van der Waals surface area contributed by atoms with Gasteiger partial charge in [0.2, 0.25) is 5.88 Å². The van der Waals surface area contributed by atoms with Crippen molar-refractivity contribution in [1.82, 2.24) is 9.97 Å². The second-order valence-electron chi connectivity index (χ2n) is 5.96. The van der Waals surface area contributed by atoms with Gasteiger partial charge in [-0.1, -0.05) is 11.6 Å². The molecule has 0 unspecified atom stereocenters. The molecular weight excluding hydrogens is 426 g/mol. The highest BCUT2D eigenvalue weighted by Crippen LogP contribution is 2.35. The fourth-order valence-corrected chi connectivity index (χ4v) is 2.73. The second kappa shape index (κ2) is 10.3. The normalized spacial score (nSPS) is 10.2. The van der Waals surface area contributed by atoms with Crippen molar-refractivity contribution in [2.45, 2.75) is 0 Å².